The normalized spacial score (nSPS) is 10.7. The standard InChI is InChI=1S/C14H14N4/c1-2-13(18-11-10-17-14(18)3-1)16-9-6-12-4-7-15-8-5-12/h1-5,7-8,10-11,16H,6,9H2. The molecule has 0 saturated heterocycles. The fraction of sp³-hybridized carbons (Fsp3) is 0.143. The number of hydrogen-bond donors (Lipinski definition) is 1. The molecule has 3 aromatic heterocycles. The molecule has 0 amide bonds. The lowest BCUT2D eigenvalue weighted by Crippen LogP contribution is -2.07. The van der Waals surface area contributed by atoms with Crippen LogP contribution >= 0.6 is 0 Å². The van der Waals surface area contributed by atoms with Crippen molar-refractivity contribution in [1.82, 2.24) is 14.4 Å². The van der Waals surface area contributed by atoms with E-state index < -0.39 is 0 Å². The second-order valence-electron chi connectivity index (χ2n) is 4.10. The first-order chi connectivity index (χ1) is 8.93. The number of nitrogens with one attached hydrogen (secondary N) is 1. The van der Waals surface area contributed by atoms with Gasteiger partial charge in [-0.15, -0.1) is 0 Å². The third kappa shape index (κ3) is 2.18. The van der Waals surface area contributed by atoms with Crippen LogP contribution in [-0.2, 0) is 6.42 Å². The molecule has 0 bridgehead atoms. The van der Waals surface area contributed by atoms with Crippen molar-refractivity contribution in [3.05, 3.63) is 60.7 Å². The summed E-state index contributed by atoms with van der Waals surface area (Å²) in [5, 5.41) is 3.42. The van der Waals surface area contributed by atoms with Gasteiger partial charge in [0, 0.05) is 31.3 Å². The maximum atomic E-state index is 4.26. The fourth-order valence-electron chi connectivity index (χ4n) is 1.98. The van der Waals surface area contributed by atoms with Crippen LogP contribution in [0.25, 0.3) is 5.65 Å². The molecule has 1 N–H and O–H groups in total. The molecule has 0 aliphatic heterocycles. The van der Waals surface area contributed by atoms with Crippen LogP contribution in [0.5, 0.6) is 0 Å². The van der Waals surface area contributed by atoms with Crippen molar-refractivity contribution in [2.24, 2.45) is 0 Å². The summed E-state index contributed by atoms with van der Waals surface area (Å²) in [5.74, 6) is 1.07. The maximum absolute atomic E-state index is 4.26. The van der Waals surface area contributed by atoms with E-state index in [0.29, 0.717) is 0 Å². The molecule has 0 radical (unpaired) electrons. The zero-order valence-corrected chi connectivity index (χ0v) is 9.95. The summed E-state index contributed by atoms with van der Waals surface area (Å²) in [5.41, 5.74) is 2.25. The van der Waals surface area contributed by atoms with E-state index in [4.69, 9.17) is 0 Å². The van der Waals surface area contributed by atoms with E-state index in [-0.39, 0.29) is 0 Å². The quantitative estimate of drug-likeness (QED) is 0.758. The SMILES string of the molecule is c1cc(NCCc2ccncc2)n2ccnc2c1. The molecule has 3 rings (SSSR count). The summed E-state index contributed by atoms with van der Waals surface area (Å²) in [6.07, 6.45) is 8.40. The smallest absolute Gasteiger partial charge is 0.138 e. The lowest BCUT2D eigenvalue weighted by atomic mass is 10.2. The summed E-state index contributed by atoms with van der Waals surface area (Å²) >= 11 is 0. The van der Waals surface area contributed by atoms with E-state index in [1.165, 1.54) is 5.56 Å². The molecule has 3 aromatic rings. The Hall–Kier alpha value is -2.36. The number of pyridine rings is 2. The van der Waals surface area contributed by atoms with Crippen molar-refractivity contribution < 1.29 is 0 Å². The van der Waals surface area contributed by atoms with Gasteiger partial charge in [0.25, 0.3) is 0 Å². The van der Waals surface area contributed by atoms with E-state index >= 15 is 0 Å². The molecule has 0 fully saturated rings. The van der Waals surface area contributed by atoms with Crippen molar-refractivity contribution in [2.75, 3.05) is 11.9 Å². The molecule has 0 aliphatic rings. The monoisotopic (exact) mass is 238 g/mol. The van der Waals surface area contributed by atoms with Gasteiger partial charge in [0.1, 0.15) is 11.5 Å². The van der Waals surface area contributed by atoms with Gasteiger partial charge in [0.15, 0.2) is 0 Å². The highest BCUT2D eigenvalue weighted by Gasteiger charge is 1.99. The Labute approximate surface area is 105 Å². The molecular formula is C14H14N4. The Kier molecular flexibility index (Phi) is 2.92. The van der Waals surface area contributed by atoms with Gasteiger partial charge in [-0.3, -0.25) is 9.38 Å². The van der Waals surface area contributed by atoms with Crippen molar-refractivity contribution in [2.45, 2.75) is 6.42 Å². The van der Waals surface area contributed by atoms with Gasteiger partial charge in [-0.05, 0) is 36.2 Å². The number of rotatable bonds is 4. The second-order valence-corrected chi connectivity index (χ2v) is 4.10. The van der Waals surface area contributed by atoms with E-state index in [0.717, 1.165) is 24.4 Å². The van der Waals surface area contributed by atoms with Gasteiger partial charge in [-0.2, -0.15) is 0 Å². The van der Waals surface area contributed by atoms with Crippen molar-refractivity contribution >= 4 is 11.5 Å². The molecule has 0 unspecified atom stereocenters. The molecule has 0 spiro atoms. The number of anilines is 1. The van der Waals surface area contributed by atoms with Gasteiger partial charge in [-0.1, -0.05) is 6.07 Å². The van der Waals surface area contributed by atoms with Gasteiger partial charge >= 0.3 is 0 Å². The lowest BCUT2D eigenvalue weighted by Gasteiger charge is -2.08. The number of hydrogen-bond acceptors (Lipinski definition) is 3. The minimum absolute atomic E-state index is 0.890. The van der Waals surface area contributed by atoms with Crippen molar-refractivity contribution in [3.8, 4) is 0 Å². The Balaban J connectivity index is 1.68. The number of fused-ring (bicyclic) bond motifs is 1. The Morgan fingerprint density at radius 2 is 1.94 bits per heavy atom. The summed E-state index contributed by atoms with van der Waals surface area (Å²) in [6, 6.07) is 10.1. The van der Waals surface area contributed by atoms with Crippen LogP contribution in [0.1, 0.15) is 5.56 Å². The van der Waals surface area contributed by atoms with E-state index in [9.17, 15) is 0 Å². The maximum Gasteiger partial charge on any atom is 0.138 e. The highest BCUT2D eigenvalue weighted by atomic mass is 15.1. The summed E-state index contributed by atoms with van der Waals surface area (Å²) < 4.78 is 2.05. The minimum Gasteiger partial charge on any atom is -0.371 e. The largest absolute Gasteiger partial charge is 0.371 e. The number of aromatic nitrogens is 3. The highest BCUT2D eigenvalue weighted by molar-refractivity contribution is 5.49. The highest BCUT2D eigenvalue weighted by Crippen LogP contribution is 2.10. The zero-order chi connectivity index (χ0) is 12.2. The topological polar surface area (TPSA) is 42.2 Å². The van der Waals surface area contributed by atoms with Crippen LogP contribution in [-0.4, -0.2) is 20.9 Å². The Bertz CT molecular complexity index is 630. The van der Waals surface area contributed by atoms with E-state index in [2.05, 4.69) is 21.4 Å². The van der Waals surface area contributed by atoms with Crippen LogP contribution in [0.3, 0.4) is 0 Å². The summed E-state index contributed by atoms with van der Waals surface area (Å²) in [6.45, 7) is 0.890. The first kappa shape index (κ1) is 10.8. The molecule has 4 nitrogen and oxygen atoms in total. The van der Waals surface area contributed by atoms with Crippen molar-refractivity contribution in [3.63, 3.8) is 0 Å². The molecule has 3 heterocycles. The fourth-order valence-corrected chi connectivity index (χ4v) is 1.98. The van der Waals surface area contributed by atoms with Crippen molar-refractivity contribution in [1.29, 1.82) is 0 Å². The molecular weight excluding hydrogens is 224 g/mol. The first-order valence-electron chi connectivity index (χ1n) is 5.98. The van der Waals surface area contributed by atoms with Gasteiger partial charge in [0.2, 0.25) is 0 Å². The molecule has 0 atom stereocenters. The summed E-state index contributed by atoms with van der Waals surface area (Å²) in [4.78, 5) is 8.27. The Morgan fingerprint density at radius 1 is 1.06 bits per heavy atom. The predicted molar refractivity (Wildman–Crippen MR) is 71.6 cm³/mol. The zero-order valence-electron chi connectivity index (χ0n) is 9.95. The van der Waals surface area contributed by atoms with Crippen LogP contribution in [0, 0.1) is 0 Å². The first-order valence-corrected chi connectivity index (χ1v) is 5.98. The lowest BCUT2D eigenvalue weighted by molar-refractivity contribution is 0.990. The third-order valence-electron chi connectivity index (χ3n) is 2.90. The van der Waals surface area contributed by atoms with Gasteiger partial charge in [-0.25, -0.2) is 4.98 Å². The predicted octanol–water partition coefficient (Wildman–Crippen LogP) is 2.38. The number of nitrogens with zero attached hydrogens (tertiary/aromatic N) is 3. The second kappa shape index (κ2) is 4.87. The van der Waals surface area contributed by atoms with E-state index in [1.54, 1.807) is 0 Å². The van der Waals surface area contributed by atoms with Gasteiger partial charge in [0.05, 0.1) is 0 Å². The minimum atomic E-state index is 0.890. The third-order valence-corrected chi connectivity index (χ3v) is 2.90. The molecule has 0 aliphatic carbocycles. The number of imidazole rings is 1. The van der Waals surface area contributed by atoms with Crippen LogP contribution < -0.4 is 5.32 Å². The molecule has 0 aromatic carbocycles. The molecule has 0 saturated carbocycles. The average Bonchev–Trinajstić information content (AvgIpc) is 2.89. The molecule has 90 valence electrons. The van der Waals surface area contributed by atoms with Crippen LogP contribution in [0.2, 0.25) is 0 Å². The molecule has 4 heteroatoms. The Morgan fingerprint density at radius 3 is 2.83 bits per heavy atom. The van der Waals surface area contributed by atoms with Gasteiger partial charge < -0.3 is 5.32 Å². The average molecular weight is 238 g/mol. The molecule has 18 heavy (non-hydrogen) atoms. The van der Waals surface area contributed by atoms with Crippen LogP contribution in [0.4, 0.5) is 5.82 Å². The van der Waals surface area contributed by atoms with Crippen LogP contribution in [0.15, 0.2) is 55.1 Å². The summed E-state index contributed by atoms with van der Waals surface area (Å²) in [7, 11) is 0. The van der Waals surface area contributed by atoms with E-state index in [1.807, 2.05) is 53.5 Å².